The van der Waals surface area contributed by atoms with Gasteiger partial charge in [-0.05, 0) is 131 Å². The first-order valence-electron chi connectivity index (χ1n) is 33.1. The highest BCUT2D eigenvalue weighted by Gasteiger charge is 2.31. The summed E-state index contributed by atoms with van der Waals surface area (Å²) in [5, 5.41) is 0. The van der Waals surface area contributed by atoms with E-state index in [0.717, 1.165) is 136 Å². The van der Waals surface area contributed by atoms with Crippen molar-refractivity contribution in [3.63, 3.8) is 0 Å². The third-order valence-electron chi connectivity index (χ3n) is 17.9. The molecule has 10 nitrogen and oxygen atoms in total. The van der Waals surface area contributed by atoms with Crippen LogP contribution in [0, 0.1) is 0 Å². The third-order valence-corrected chi connectivity index (χ3v) is 17.9. The van der Waals surface area contributed by atoms with Gasteiger partial charge in [0, 0.05) is 110 Å². The largest absolute Gasteiger partial charge is 0.356 e. The van der Waals surface area contributed by atoms with E-state index < -0.39 is 0 Å². The minimum absolute atomic E-state index is 0.868. The monoisotopic (exact) mass is 1200 g/mol. The Morgan fingerprint density at radius 1 is 0.319 bits per heavy atom. The third kappa shape index (κ3) is 14.8. The average molecular weight is 1200 g/mol. The number of rotatable bonds is 25. The maximum absolute atomic E-state index is 5.49. The summed E-state index contributed by atoms with van der Waals surface area (Å²) in [7, 11) is 0. The SMILES string of the molecule is [NH3+]CCN1C=CC(=C2C=CN(CCCCCCCC[n+]3ccc(-c4cc[n+](CCCCCCCC[n+]5ccc(C6=C7C=CC(=N7)C(c7ccccc7)=C7C=CC(=N7)C(c7ccccc7)=C7C=CC(=[NH+]7)C(c7ccccc7)=C7C=CC6=N7)cc5)cc4)cc3)C=C2)C=C1. The lowest BCUT2D eigenvalue weighted by atomic mass is 9.98. The van der Waals surface area contributed by atoms with Gasteiger partial charge in [-0.1, -0.05) is 123 Å². The van der Waals surface area contributed by atoms with Gasteiger partial charge in [0.1, 0.15) is 19.6 Å². The van der Waals surface area contributed by atoms with Crippen LogP contribution >= 0.6 is 0 Å². The number of aromatic nitrogens is 3. The smallest absolute Gasteiger partial charge is 0.214 e. The number of allylic oxidation sites excluding steroid dienone is 18. The lowest BCUT2D eigenvalue weighted by Crippen LogP contribution is -2.68. The summed E-state index contributed by atoms with van der Waals surface area (Å²) in [5.74, 6) is 0. The summed E-state index contributed by atoms with van der Waals surface area (Å²) >= 11 is 0. The van der Waals surface area contributed by atoms with Gasteiger partial charge in [-0.15, -0.1) is 0 Å². The molecule has 0 saturated carbocycles. The van der Waals surface area contributed by atoms with Crippen molar-refractivity contribution in [2.24, 2.45) is 15.0 Å². The molecule has 13 rings (SSSR count). The molecule has 0 aliphatic carbocycles. The number of hydrogen-bond donors (Lipinski definition) is 2. The molecule has 0 unspecified atom stereocenters. The van der Waals surface area contributed by atoms with Gasteiger partial charge in [-0.3, -0.25) is 0 Å². The molecule has 0 radical (unpaired) electrons. The summed E-state index contributed by atoms with van der Waals surface area (Å²) in [6.07, 6.45) is 63.2. The molecule has 91 heavy (non-hydrogen) atoms. The number of hydrogen-bond acceptors (Lipinski definition) is 5. The van der Waals surface area contributed by atoms with Gasteiger partial charge in [0.25, 0.3) is 0 Å². The molecule has 0 spiro atoms. The first kappa shape index (κ1) is 59.9. The number of unbranched alkanes of at least 4 members (excludes halogenated alkanes) is 10. The number of pyridine rings is 3. The van der Waals surface area contributed by atoms with Crippen LogP contribution in [0.3, 0.4) is 0 Å². The van der Waals surface area contributed by atoms with Gasteiger partial charge in [0.2, 0.25) is 11.4 Å². The van der Waals surface area contributed by atoms with Gasteiger partial charge in [-0.25, -0.2) is 33.7 Å². The lowest BCUT2D eigenvalue weighted by molar-refractivity contribution is -0.697. The normalized spacial score (nSPS) is 16.4. The van der Waals surface area contributed by atoms with Crippen LogP contribution in [0.2, 0.25) is 0 Å². The van der Waals surface area contributed by atoms with Gasteiger partial charge in [-0.2, -0.15) is 0 Å². The predicted octanol–water partition coefficient (Wildman–Crippen LogP) is 12.9. The molecule has 7 aliphatic heterocycles. The molecule has 0 atom stereocenters. The first-order chi connectivity index (χ1) is 45.1. The van der Waals surface area contributed by atoms with Crippen molar-refractivity contribution in [2.45, 2.75) is 96.7 Å². The molecule has 8 bridgehead atoms. The van der Waals surface area contributed by atoms with E-state index in [9.17, 15) is 0 Å². The minimum atomic E-state index is 0.868. The summed E-state index contributed by atoms with van der Waals surface area (Å²) in [6, 6.07) is 45.2. The fourth-order valence-electron chi connectivity index (χ4n) is 12.9. The molecule has 0 fully saturated rings. The van der Waals surface area contributed by atoms with Crippen molar-refractivity contribution in [3.8, 4) is 11.1 Å². The molecule has 10 heterocycles. The van der Waals surface area contributed by atoms with E-state index in [1.165, 1.54) is 92.9 Å². The molecule has 3 aromatic carbocycles. The Morgan fingerprint density at radius 2 is 0.670 bits per heavy atom. The summed E-state index contributed by atoms with van der Waals surface area (Å²) in [6.45, 7) is 6.04. The van der Waals surface area contributed by atoms with E-state index in [2.05, 4.69) is 297 Å². The van der Waals surface area contributed by atoms with E-state index in [-0.39, 0.29) is 0 Å². The summed E-state index contributed by atoms with van der Waals surface area (Å²) < 4.78 is 7.00. The van der Waals surface area contributed by atoms with Crippen LogP contribution in [-0.2, 0) is 19.6 Å². The molecule has 6 aromatic rings. The number of fused-ring (bicyclic) bond motifs is 4. The van der Waals surface area contributed by atoms with Crippen molar-refractivity contribution in [1.82, 2.24) is 9.80 Å². The Hall–Kier alpha value is -10.0. The van der Waals surface area contributed by atoms with Crippen molar-refractivity contribution >= 4 is 45.1 Å². The van der Waals surface area contributed by atoms with Crippen molar-refractivity contribution in [1.29, 1.82) is 0 Å². The molecule has 7 aliphatic rings. The zero-order chi connectivity index (χ0) is 61.4. The highest BCUT2D eigenvalue weighted by atomic mass is 15.1. The number of benzene rings is 3. The number of quaternary nitrogens is 1. The van der Waals surface area contributed by atoms with E-state index >= 15 is 0 Å². The number of aliphatic imine (C=N–C) groups is 3. The molecule has 452 valence electrons. The Labute approximate surface area is 537 Å². The predicted molar refractivity (Wildman–Crippen MR) is 371 cm³/mol. The molecule has 0 saturated heterocycles. The second kappa shape index (κ2) is 29.5. The average Bonchev–Trinajstić information content (AvgIpc) is 1.81. The number of nitrogens with one attached hydrogen (secondary N) is 1. The fraction of sp³-hybridized carbons (Fsp3) is 0.222. The molecular formula is C81H83N10+5. The molecule has 0 amide bonds. The van der Waals surface area contributed by atoms with Gasteiger partial charge >= 0.3 is 0 Å². The van der Waals surface area contributed by atoms with E-state index in [1.54, 1.807) is 0 Å². The highest BCUT2D eigenvalue weighted by molar-refractivity contribution is 6.38. The number of nitrogens with zero attached hydrogens (tertiary/aromatic N) is 8. The molecule has 10 heteroatoms. The Morgan fingerprint density at radius 3 is 1.11 bits per heavy atom. The van der Waals surface area contributed by atoms with Crippen LogP contribution in [0.15, 0.2) is 311 Å². The van der Waals surface area contributed by atoms with Crippen LogP contribution in [0.5, 0.6) is 0 Å². The van der Waals surface area contributed by atoms with Crippen LogP contribution in [0.25, 0.3) is 33.4 Å². The topological polar surface area (TPSA) is 96.8 Å². The van der Waals surface area contributed by atoms with E-state index in [0.29, 0.717) is 0 Å². The Bertz CT molecular complexity index is 4100. The van der Waals surface area contributed by atoms with Crippen molar-refractivity contribution in [2.75, 3.05) is 19.6 Å². The second-order valence-electron chi connectivity index (χ2n) is 24.3. The molecular weight excluding hydrogens is 1110 g/mol. The second-order valence-corrected chi connectivity index (χ2v) is 24.3. The summed E-state index contributed by atoms with van der Waals surface area (Å²) in [5.41, 5.74) is 24.6. The quantitative estimate of drug-likeness (QED) is 0.0441. The van der Waals surface area contributed by atoms with Crippen molar-refractivity contribution in [3.05, 3.63) is 318 Å². The van der Waals surface area contributed by atoms with Crippen LogP contribution < -0.4 is 24.4 Å². The van der Waals surface area contributed by atoms with E-state index in [4.69, 9.17) is 15.0 Å². The fourth-order valence-corrected chi connectivity index (χ4v) is 12.9. The standard InChI is InChI=1S/C81H81N10/c82-46-61-91-57-42-65(43-58-91)64-40-55-89(56-41-64)49-19-6-2-1-5-18-47-87-51-36-62(37-52-87)63-38-53-88(54-39-63)48-20-7-3-4-8-21-50-90-59-44-69(45-60-90)81-76-34-32-74(85-76)79(67-24-14-10-15-25-67)72-30-28-70(83-72)78(66-22-12-9-13-23-66)71-29-31-73(84-71)80(68-26-16-11-17-27-68)75-33-35-77(81)86-75/h9-17,22-45,51-60H,1-8,18-21,46-50,61,82H2/q+3/p+2. The van der Waals surface area contributed by atoms with E-state index in [1.807, 2.05) is 0 Å². The zero-order valence-corrected chi connectivity index (χ0v) is 52.3. The zero-order valence-electron chi connectivity index (χ0n) is 52.3. The lowest BCUT2D eigenvalue weighted by Gasteiger charge is -2.21. The maximum atomic E-state index is 5.49. The molecule has 3 aromatic heterocycles. The van der Waals surface area contributed by atoms with Crippen LogP contribution in [0.4, 0.5) is 0 Å². The van der Waals surface area contributed by atoms with Crippen LogP contribution in [0.1, 0.15) is 99.3 Å². The Balaban J connectivity index is 0.577. The number of aryl methyl sites for hydroxylation is 3. The minimum Gasteiger partial charge on any atom is -0.356 e. The van der Waals surface area contributed by atoms with Gasteiger partial charge in [0.15, 0.2) is 37.2 Å². The highest BCUT2D eigenvalue weighted by Crippen LogP contribution is 2.37. The summed E-state index contributed by atoms with van der Waals surface area (Å²) in [4.78, 5) is 24.8. The van der Waals surface area contributed by atoms with Gasteiger partial charge < -0.3 is 15.5 Å². The Kier molecular flexibility index (Phi) is 19.4. The van der Waals surface area contributed by atoms with Crippen LogP contribution in [-0.4, -0.2) is 52.3 Å². The molecule has 4 N–H and O–H groups in total. The van der Waals surface area contributed by atoms with Gasteiger partial charge in [0.05, 0.1) is 58.5 Å². The first-order valence-corrected chi connectivity index (χ1v) is 33.1. The maximum Gasteiger partial charge on any atom is 0.214 e. The van der Waals surface area contributed by atoms with Crippen molar-refractivity contribution < 1.29 is 24.4 Å².